The van der Waals surface area contributed by atoms with E-state index in [0.717, 1.165) is 41.9 Å². The zero-order valence-electron chi connectivity index (χ0n) is 15.7. The molecule has 0 bridgehead atoms. The van der Waals surface area contributed by atoms with Crippen LogP contribution in [0.2, 0.25) is 0 Å². The van der Waals surface area contributed by atoms with E-state index >= 15 is 0 Å². The van der Waals surface area contributed by atoms with Crippen molar-refractivity contribution in [1.29, 1.82) is 0 Å². The third-order valence-corrected chi connectivity index (χ3v) is 5.42. The zero-order valence-corrected chi connectivity index (χ0v) is 17.3. The van der Waals surface area contributed by atoms with Gasteiger partial charge in [0.2, 0.25) is 0 Å². The molecule has 1 unspecified atom stereocenters. The molecule has 1 heterocycles. The number of aliphatic hydroxyl groups is 1. The van der Waals surface area contributed by atoms with Gasteiger partial charge in [-0.25, -0.2) is 4.99 Å². The van der Waals surface area contributed by atoms with Crippen LogP contribution in [0, 0.1) is 0 Å². The summed E-state index contributed by atoms with van der Waals surface area (Å²) in [4.78, 5) is 6.85. The Morgan fingerprint density at radius 3 is 2.88 bits per heavy atom. The van der Waals surface area contributed by atoms with Crippen molar-refractivity contribution in [3.63, 3.8) is 0 Å². The maximum atomic E-state index is 11.1. The Morgan fingerprint density at radius 1 is 1.42 bits per heavy atom. The number of aryl methyl sites for hydroxylation is 2. The van der Waals surface area contributed by atoms with Gasteiger partial charge >= 0.3 is 0 Å². The fourth-order valence-corrected chi connectivity index (χ4v) is 4.12. The Kier molecular flexibility index (Phi) is 5.73. The number of nitrogens with zero attached hydrogens (tertiary/aromatic N) is 3. The Bertz CT molecular complexity index is 801. The van der Waals surface area contributed by atoms with Crippen molar-refractivity contribution in [2.45, 2.75) is 31.9 Å². The molecule has 1 aliphatic carbocycles. The molecule has 1 aromatic carbocycles. The second kappa shape index (κ2) is 7.84. The van der Waals surface area contributed by atoms with Gasteiger partial charge in [-0.05, 0) is 52.9 Å². The van der Waals surface area contributed by atoms with E-state index in [-0.39, 0.29) is 0 Å². The highest BCUT2D eigenvalue weighted by Gasteiger charge is 2.36. The summed E-state index contributed by atoms with van der Waals surface area (Å²) in [5.74, 6) is 0.808. The normalized spacial score (nSPS) is 19.5. The van der Waals surface area contributed by atoms with Crippen molar-refractivity contribution < 1.29 is 5.11 Å². The molecule has 6 heteroatoms. The monoisotopic (exact) mass is 418 g/mol. The SMILES string of the molecule is CCNC(=NCC1(O)CCc2ccccc21)N(C)Cc1cc(Br)cn1C. The van der Waals surface area contributed by atoms with Gasteiger partial charge in [0.1, 0.15) is 5.60 Å². The maximum absolute atomic E-state index is 11.1. The number of rotatable bonds is 5. The van der Waals surface area contributed by atoms with Gasteiger partial charge in [0.15, 0.2) is 5.96 Å². The van der Waals surface area contributed by atoms with Crippen molar-refractivity contribution in [2.24, 2.45) is 12.0 Å². The molecular formula is C20H27BrN4O. The molecule has 0 aliphatic heterocycles. The second-order valence-corrected chi connectivity index (χ2v) is 7.89. The van der Waals surface area contributed by atoms with Crippen LogP contribution >= 0.6 is 15.9 Å². The number of aliphatic imine (C=N–C) groups is 1. The third kappa shape index (κ3) is 3.96. The minimum Gasteiger partial charge on any atom is -0.383 e. The minimum atomic E-state index is -0.869. The van der Waals surface area contributed by atoms with Crippen molar-refractivity contribution in [1.82, 2.24) is 14.8 Å². The first-order chi connectivity index (χ1) is 12.4. The number of aromatic nitrogens is 1. The lowest BCUT2D eigenvalue weighted by Crippen LogP contribution is -2.40. The fraction of sp³-hybridized carbons (Fsp3) is 0.450. The van der Waals surface area contributed by atoms with Gasteiger partial charge in [-0.2, -0.15) is 0 Å². The molecule has 1 aromatic heterocycles. The summed E-state index contributed by atoms with van der Waals surface area (Å²) in [7, 11) is 4.06. The van der Waals surface area contributed by atoms with Crippen LogP contribution in [0.1, 0.15) is 30.2 Å². The van der Waals surface area contributed by atoms with Crippen LogP contribution in [0.25, 0.3) is 0 Å². The smallest absolute Gasteiger partial charge is 0.194 e. The van der Waals surface area contributed by atoms with E-state index in [1.165, 1.54) is 11.3 Å². The average Bonchev–Trinajstić information content (AvgIpc) is 3.11. The van der Waals surface area contributed by atoms with Crippen LogP contribution in [0.4, 0.5) is 0 Å². The quantitative estimate of drug-likeness (QED) is 0.579. The molecule has 1 aliphatic rings. The molecule has 0 saturated carbocycles. The average molecular weight is 419 g/mol. The molecule has 0 fully saturated rings. The summed E-state index contributed by atoms with van der Waals surface area (Å²) in [5, 5.41) is 14.5. The van der Waals surface area contributed by atoms with Crippen molar-refractivity contribution in [3.05, 3.63) is 57.8 Å². The van der Waals surface area contributed by atoms with E-state index in [2.05, 4.69) is 49.8 Å². The molecule has 0 radical (unpaired) electrons. The first-order valence-corrected chi connectivity index (χ1v) is 9.83. The molecular weight excluding hydrogens is 392 g/mol. The van der Waals surface area contributed by atoms with Gasteiger partial charge in [-0.1, -0.05) is 24.3 Å². The molecule has 3 rings (SSSR count). The number of fused-ring (bicyclic) bond motifs is 1. The predicted octanol–water partition coefficient (Wildman–Crippen LogP) is 3.02. The molecule has 2 aromatic rings. The van der Waals surface area contributed by atoms with Crippen LogP contribution in [0.5, 0.6) is 0 Å². The van der Waals surface area contributed by atoms with Crippen LogP contribution < -0.4 is 5.32 Å². The molecule has 0 amide bonds. The van der Waals surface area contributed by atoms with E-state index < -0.39 is 5.60 Å². The van der Waals surface area contributed by atoms with Crippen molar-refractivity contribution in [2.75, 3.05) is 20.1 Å². The van der Waals surface area contributed by atoms with E-state index in [0.29, 0.717) is 6.54 Å². The maximum Gasteiger partial charge on any atom is 0.194 e. The highest BCUT2D eigenvalue weighted by atomic mass is 79.9. The number of hydrogen-bond donors (Lipinski definition) is 2. The Balaban J connectivity index is 1.76. The van der Waals surface area contributed by atoms with E-state index in [1.54, 1.807) is 0 Å². The summed E-state index contributed by atoms with van der Waals surface area (Å²) in [6, 6.07) is 10.3. The fourth-order valence-electron chi connectivity index (χ4n) is 3.55. The lowest BCUT2D eigenvalue weighted by Gasteiger charge is -2.26. The molecule has 140 valence electrons. The predicted molar refractivity (Wildman–Crippen MR) is 109 cm³/mol. The van der Waals surface area contributed by atoms with Gasteiger partial charge in [0.25, 0.3) is 0 Å². The third-order valence-electron chi connectivity index (χ3n) is 4.99. The zero-order chi connectivity index (χ0) is 18.7. The lowest BCUT2D eigenvalue weighted by atomic mass is 9.96. The second-order valence-electron chi connectivity index (χ2n) is 6.98. The molecule has 2 N–H and O–H groups in total. The number of nitrogens with one attached hydrogen (secondary N) is 1. The molecule has 1 atom stereocenters. The summed E-state index contributed by atoms with van der Waals surface area (Å²) < 4.78 is 3.17. The molecule has 26 heavy (non-hydrogen) atoms. The van der Waals surface area contributed by atoms with E-state index in [1.807, 2.05) is 38.5 Å². The first-order valence-electron chi connectivity index (χ1n) is 9.04. The summed E-state index contributed by atoms with van der Waals surface area (Å²) in [6.45, 7) is 3.95. The van der Waals surface area contributed by atoms with E-state index in [9.17, 15) is 5.11 Å². The Hall–Kier alpha value is -1.79. The van der Waals surface area contributed by atoms with Crippen molar-refractivity contribution >= 4 is 21.9 Å². The summed E-state index contributed by atoms with van der Waals surface area (Å²) in [6.07, 6.45) is 3.68. The summed E-state index contributed by atoms with van der Waals surface area (Å²) in [5.41, 5.74) is 2.58. The highest BCUT2D eigenvalue weighted by molar-refractivity contribution is 9.10. The van der Waals surface area contributed by atoms with Crippen LogP contribution in [-0.4, -0.2) is 40.7 Å². The molecule has 5 nitrogen and oxygen atoms in total. The molecule has 0 saturated heterocycles. The summed E-state index contributed by atoms with van der Waals surface area (Å²) >= 11 is 3.52. The highest BCUT2D eigenvalue weighted by Crippen LogP contribution is 2.36. The lowest BCUT2D eigenvalue weighted by molar-refractivity contribution is 0.0483. The number of hydrogen-bond acceptors (Lipinski definition) is 2. The number of halogens is 1. The number of guanidine groups is 1. The van der Waals surface area contributed by atoms with Gasteiger partial charge in [0.05, 0.1) is 13.1 Å². The topological polar surface area (TPSA) is 52.8 Å². The van der Waals surface area contributed by atoms with Crippen LogP contribution in [-0.2, 0) is 25.6 Å². The standard InChI is InChI=1S/C20H27BrN4O/c1-4-22-19(25(3)13-17-11-16(21)12-24(17)2)23-14-20(26)10-9-15-7-5-6-8-18(15)20/h5-8,11-12,26H,4,9-10,13-14H2,1-3H3,(H,22,23). The van der Waals surface area contributed by atoms with E-state index in [4.69, 9.17) is 4.99 Å². The van der Waals surface area contributed by atoms with Crippen LogP contribution in [0.15, 0.2) is 46.0 Å². The van der Waals surface area contributed by atoms with Gasteiger partial charge in [0, 0.05) is 37.0 Å². The van der Waals surface area contributed by atoms with Crippen molar-refractivity contribution in [3.8, 4) is 0 Å². The molecule has 0 spiro atoms. The largest absolute Gasteiger partial charge is 0.383 e. The Morgan fingerprint density at radius 2 is 2.19 bits per heavy atom. The Labute approximate surface area is 163 Å². The number of benzene rings is 1. The van der Waals surface area contributed by atoms with Gasteiger partial charge in [-0.15, -0.1) is 0 Å². The van der Waals surface area contributed by atoms with Crippen LogP contribution in [0.3, 0.4) is 0 Å². The first kappa shape index (κ1) is 19.0. The minimum absolute atomic E-state index is 0.369. The van der Waals surface area contributed by atoms with Gasteiger partial charge < -0.3 is 19.9 Å². The van der Waals surface area contributed by atoms with Gasteiger partial charge in [-0.3, -0.25) is 0 Å².